The van der Waals surface area contributed by atoms with Gasteiger partial charge in [0, 0.05) is 12.5 Å². The molecular formula is C12H16NS+. The van der Waals surface area contributed by atoms with E-state index in [1.54, 1.807) is 0 Å². The molecule has 1 nitrogen and oxygen atoms in total. The first-order valence-corrected chi connectivity index (χ1v) is 6.00. The van der Waals surface area contributed by atoms with Crippen molar-refractivity contribution in [1.82, 2.24) is 0 Å². The maximum atomic E-state index is 2.42. The van der Waals surface area contributed by atoms with Crippen LogP contribution in [0.15, 0.2) is 18.2 Å². The third-order valence-corrected chi connectivity index (χ3v) is 3.75. The molecule has 0 fully saturated rings. The smallest absolute Gasteiger partial charge is 0.186 e. The van der Waals surface area contributed by atoms with E-state index in [0.717, 1.165) is 13.0 Å². The number of aromatic nitrogens is 1. The summed E-state index contributed by atoms with van der Waals surface area (Å²) in [6, 6.07) is 6.62. The van der Waals surface area contributed by atoms with E-state index >= 15 is 0 Å². The van der Waals surface area contributed by atoms with Crippen LogP contribution in [-0.2, 0) is 13.0 Å². The van der Waals surface area contributed by atoms with E-state index in [2.05, 4.69) is 43.5 Å². The number of benzene rings is 1. The summed E-state index contributed by atoms with van der Waals surface area (Å²) in [5, 5.41) is 1.41. The molecule has 0 saturated carbocycles. The lowest BCUT2D eigenvalue weighted by Crippen LogP contribution is -2.34. The first-order chi connectivity index (χ1) is 6.77. The monoisotopic (exact) mass is 206 g/mol. The molecule has 2 aromatic rings. The maximum absolute atomic E-state index is 2.42. The average Bonchev–Trinajstić information content (AvgIpc) is 2.52. The molecule has 0 aliphatic heterocycles. The predicted molar refractivity (Wildman–Crippen MR) is 61.8 cm³/mol. The van der Waals surface area contributed by atoms with Gasteiger partial charge in [-0.15, -0.1) is 0 Å². The Labute approximate surface area is 89.0 Å². The molecule has 74 valence electrons. The van der Waals surface area contributed by atoms with Crippen LogP contribution in [0.2, 0.25) is 0 Å². The summed E-state index contributed by atoms with van der Waals surface area (Å²) < 4.78 is 3.84. The summed E-state index contributed by atoms with van der Waals surface area (Å²) in [6.45, 7) is 7.71. The Hall–Kier alpha value is -0.890. The molecule has 0 aliphatic rings. The van der Waals surface area contributed by atoms with Crippen LogP contribution < -0.4 is 4.57 Å². The maximum Gasteiger partial charge on any atom is 0.235 e. The van der Waals surface area contributed by atoms with Crippen molar-refractivity contribution >= 4 is 21.6 Å². The van der Waals surface area contributed by atoms with Gasteiger partial charge in [0.15, 0.2) is 0 Å². The van der Waals surface area contributed by atoms with Gasteiger partial charge in [-0.1, -0.05) is 30.4 Å². The van der Waals surface area contributed by atoms with Gasteiger partial charge in [0.2, 0.25) is 10.5 Å². The van der Waals surface area contributed by atoms with Crippen LogP contribution in [0.1, 0.15) is 24.4 Å². The summed E-state index contributed by atoms with van der Waals surface area (Å²) in [6.07, 6.45) is 1.12. The first kappa shape index (κ1) is 9.66. The summed E-state index contributed by atoms with van der Waals surface area (Å²) in [5.74, 6) is 0. The lowest BCUT2D eigenvalue weighted by Gasteiger charge is -1.96. The van der Waals surface area contributed by atoms with Crippen molar-refractivity contribution in [2.45, 2.75) is 33.7 Å². The highest BCUT2D eigenvalue weighted by Gasteiger charge is 2.17. The van der Waals surface area contributed by atoms with Crippen LogP contribution in [0, 0.1) is 6.92 Å². The number of nitrogens with zero attached hydrogens (tertiary/aromatic N) is 1. The quantitative estimate of drug-likeness (QED) is 0.665. The summed E-state index contributed by atoms with van der Waals surface area (Å²) in [5.41, 5.74) is 2.91. The average molecular weight is 206 g/mol. The van der Waals surface area contributed by atoms with Crippen molar-refractivity contribution in [3.8, 4) is 0 Å². The molecular weight excluding hydrogens is 190 g/mol. The highest BCUT2D eigenvalue weighted by Crippen LogP contribution is 2.23. The lowest BCUT2D eigenvalue weighted by molar-refractivity contribution is -0.669. The topological polar surface area (TPSA) is 3.88 Å². The number of hydrogen-bond donors (Lipinski definition) is 0. The van der Waals surface area contributed by atoms with Crippen LogP contribution in [0.3, 0.4) is 0 Å². The third-order valence-electron chi connectivity index (χ3n) is 2.69. The van der Waals surface area contributed by atoms with Gasteiger partial charge in [0.05, 0.1) is 0 Å². The second-order valence-electron chi connectivity index (χ2n) is 3.48. The molecule has 0 atom stereocenters. The van der Waals surface area contributed by atoms with Crippen LogP contribution in [0.4, 0.5) is 0 Å². The number of fused-ring (bicyclic) bond motifs is 1. The van der Waals surface area contributed by atoms with Crippen LogP contribution in [-0.4, -0.2) is 0 Å². The standard InChI is InChI=1S/C12H16NS/c1-4-10-7-6-8-11-12(10)13(5-2)9(3)14-11/h6-8H,4-5H2,1-3H3/q+1. The fraction of sp³-hybridized carbons (Fsp3) is 0.417. The van der Waals surface area contributed by atoms with Gasteiger partial charge in [0.1, 0.15) is 11.2 Å². The Morgan fingerprint density at radius 3 is 2.71 bits per heavy atom. The predicted octanol–water partition coefficient (Wildman–Crippen LogP) is 3.08. The van der Waals surface area contributed by atoms with Crippen molar-refractivity contribution < 1.29 is 4.57 Å². The van der Waals surface area contributed by atoms with Gasteiger partial charge in [-0.25, -0.2) is 0 Å². The van der Waals surface area contributed by atoms with Crippen LogP contribution >= 0.6 is 11.3 Å². The molecule has 0 unspecified atom stereocenters. The largest absolute Gasteiger partial charge is 0.235 e. The van der Waals surface area contributed by atoms with Gasteiger partial charge in [0.25, 0.3) is 0 Å². The zero-order valence-corrected chi connectivity index (χ0v) is 9.82. The zero-order valence-electron chi connectivity index (χ0n) is 9.00. The molecule has 0 N–H and O–H groups in total. The van der Waals surface area contributed by atoms with Crippen molar-refractivity contribution in [3.05, 3.63) is 28.8 Å². The number of para-hydroxylation sites is 1. The Balaban J connectivity index is 2.82. The summed E-state index contributed by atoms with van der Waals surface area (Å²) in [7, 11) is 0. The molecule has 1 aromatic carbocycles. The second-order valence-corrected chi connectivity index (χ2v) is 4.72. The number of rotatable bonds is 2. The normalized spacial score (nSPS) is 11.1. The van der Waals surface area contributed by atoms with E-state index < -0.39 is 0 Å². The molecule has 2 heteroatoms. The Kier molecular flexibility index (Phi) is 2.55. The number of aryl methyl sites for hydroxylation is 3. The van der Waals surface area contributed by atoms with E-state index in [1.807, 2.05) is 11.3 Å². The van der Waals surface area contributed by atoms with E-state index in [-0.39, 0.29) is 0 Å². The SMILES string of the molecule is CCc1cccc2sc(C)[n+](CC)c12. The molecule has 2 rings (SSSR count). The first-order valence-electron chi connectivity index (χ1n) is 5.18. The fourth-order valence-corrected chi connectivity index (χ4v) is 3.13. The van der Waals surface area contributed by atoms with Gasteiger partial charge in [-0.05, 0) is 19.4 Å². The highest BCUT2D eigenvalue weighted by atomic mass is 32.1. The van der Waals surface area contributed by atoms with Crippen molar-refractivity contribution in [1.29, 1.82) is 0 Å². The zero-order chi connectivity index (χ0) is 10.1. The molecule has 0 amide bonds. The van der Waals surface area contributed by atoms with E-state index in [1.165, 1.54) is 20.8 Å². The minimum Gasteiger partial charge on any atom is -0.186 e. The molecule has 14 heavy (non-hydrogen) atoms. The van der Waals surface area contributed by atoms with Gasteiger partial charge in [-0.3, -0.25) is 0 Å². The van der Waals surface area contributed by atoms with Crippen molar-refractivity contribution in [2.75, 3.05) is 0 Å². The van der Waals surface area contributed by atoms with E-state index in [9.17, 15) is 0 Å². The molecule has 0 radical (unpaired) electrons. The second kappa shape index (κ2) is 3.70. The molecule has 0 bridgehead atoms. The summed E-state index contributed by atoms with van der Waals surface area (Å²) >= 11 is 1.90. The molecule has 1 aromatic heterocycles. The number of thiazole rings is 1. The van der Waals surface area contributed by atoms with Crippen molar-refractivity contribution in [3.63, 3.8) is 0 Å². The Morgan fingerprint density at radius 2 is 2.07 bits per heavy atom. The Morgan fingerprint density at radius 1 is 1.29 bits per heavy atom. The minimum absolute atomic E-state index is 1.07. The molecule has 0 aliphatic carbocycles. The Bertz CT molecular complexity index is 457. The third kappa shape index (κ3) is 1.34. The van der Waals surface area contributed by atoms with E-state index in [0.29, 0.717) is 0 Å². The highest BCUT2D eigenvalue weighted by molar-refractivity contribution is 7.18. The van der Waals surface area contributed by atoms with Crippen molar-refractivity contribution in [2.24, 2.45) is 0 Å². The van der Waals surface area contributed by atoms with E-state index in [4.69, 9.17) is 0 Å². The molecule has 1 heterocycles. The molecule has 0 spiro atoms. The number of hydrogen-bond acceptors (Lipinski definition) is 1. The van der Waals surface area contributed by atoms with Gasteiger partial charge >= 0.3 is 0 Å². The van der Waals surface area contributed by atoms with Gasteiger partial charge < -0.3 is 0 Å². The van der Waals surface area contributed by atoms with Crippen LogP contribution in [0.25, 0.3) is 10.2 Å². The molecule has 0 saturated heterocycles. The van der Waals surface area contributed by atoms with Gasteiger partial charge in [-0.2, -0.15) is 4.57 Å². The fourth-order valence-electron chi connectivity index (χ4n) is 1.99. The lowest BCUT2D eigenvalue weighted by atomic mass is 10.1. The summed E-state index contributed by atoms with van der Waals surface area (Å²) in [4.78, 5) is 0. The van der Waals surface area contributed by atoms with Crippen LogP contribution in [0.5, 0.6) is 0 Å². The minimum atomic E-state index is 1.07.